The minimum absolute atomic E-state index is 0.112. The predicted molar refractivity (Wildman–Crippen MR) is 75.9 cm³/mol. The molecule has 2 saturated heterocycles. The second-order valence-corrected chi connectivity index (χ2v) is 5.99. The van der Waals surface area contributed by atoms with Crippen molar-refractivity contribution in [1.82, 2.24) is 15.2 Å². The highest BCUT2D eigenvalue weighted by Crippen LogP contribution is 2.23. The van der Waals surface area contributed by atoms with Gasteiger partial charge in [0.2, 0.25) is 0 Å². The van der Waals surface area contributed by atoms with E-state index < -0.39 is 0 Å². The number of halogens is 1. The van der Waals surface area contributed by atoms with Crippen LogP contribution in [0, 0.1) is 0 Å². The van der Waals surface area contributed by atoms with Gasteiger partial charge < -0.3 is 10.1 Å². The van der Waals surface area contributed by atoms with Gasteiger partial charge in [-0.25, -0.2) is 0 Å². The minimum atomic E-state index is -0.112. The van der Waals surface area contributed by atoms with E-state index >= 15 is 0 Å². The van der Waals surface area contributed by atoms with E-state index in [0.717, 1.165) is 26.1 Å². The van der Waals surface area contributed by atoms with Gasteiger partial charge >= 0.3 is 0 Å². The number of rotatable bonds is 2. The minimum Gasteiger partial charge on any atom is -0.376 e. The summed E-state index contributed by atoms with van der Waals surface area (Å²) in [4.78, 5) is 18.5. The lowest BCUT2D eigenvalue weighted by molar-refractivity contribution is -0.0390. The highest BCUT2D eigenvalue weighted by Gasteiger charge is 2.36. The van der Waals surface area contributed by atoms with Crippen molar-refractivity contribution in [2.75, 3.05) is 19.7 Å². The third kappa shape index (κ3) is 2.95. The number of hydrogen-bond donors (Lipinski definition) is 1. The van der Waals surface area contributed by atoms with Crippen molar-refractivity contribution in [3.8, 4) is 0 Å². The zero-order valence-corrected chi connectivity index (χ0v) is 12.1. The highest BCUT2D eigenvalue weighted by atomic mass is 35.5. The van der Waals surface area contributed by atoms with Gasteiger partial charge in [-0.1, -0.05) is 11.6 Å². The van der Waals surface area contributed by atoms with Crippen LogP contribution in [0.5, 0.6) is 0 Å². The summed E-state index contributed by atoms with van der Waals surface area (Å²) < 4.78 is 5.66. The van der Waals surface area contributed by atoms with Crippen LogP contribution < -0.4 is 5.32 Å². The van der Waals surface area contributed by atoms with E-state index in [4.69, 9.17) is 16.3 Å². The van der Waals surface area contributed by atoms with Crippen LogP contribution in [0.25, 0.3) is 0 Å². The number of ether oxygens (including phenoxy) is 1. The van der Waals surface area contributed by atoms with Gasteiger partial charge in [-0.3, -0.25) is 14.7 Å². The molecule has 0 aromatic carbocycles. The van der Waals surface area contributed by atoms with Gasteiger partial charge in [-0.15, -0.1) is 0 Å². The molecule has 3 heterocycles. The van der Waals surface area contributed by atoms with Gasteiger partial charge in [0.1, 0.15) is 0 Å². The van der Waals surface area contributed by atoms with Crippen molar-refractivity contribution in [3.05, 3.63) is 29.0 Å². The van der Waals surface area contributed by atoms with Crippen LogP contribution in [-0.2, 0) is 4.74 Å². The number of carbonyl (C=O) groups excluding carboxylic acids is 1. The molecule has 0 bridgehead atoms. The molecule has 0 spiro atoms. The molecule has 0 unspecified atom stereocenters. The largest absolute Gasteiger partial charge is 0.376 e. The molecule has 0 saturated carbocycles. The van der Waals surface area contributed by atoms with Crippen molar-refractivity contribution in [2.24, 2.45) is 0 Å². The van der Waals surface area contributed by atoms with E-state index in [2.05, 4.69) is 22.1 Å². The summed E-state index contributed by atoms with van der Waals surface area (Å²) in [7, 11) is 0. The van der Waals surface area contributed by atoms with Crippen molar-refractivity contribution in [3.63, 3.8) is 0 Å². The molecule has 2 fully saturated rings. The Balaban J connectivity index is 1.60. The molecule has 3 rings (SSSR count). The monoisotopic (exact) mass is 295 g/mol. The maximum Gasteiger partial charge on any atom is 0.253 e. The van der Waals surface area contributed by atoms with Crippen molar-refractivity contribution < 1.29 is 9.53 Å². The maximum absolute atomic E-state index is 12.2. The number of hydrogen-bond acceptors (Lipinski definition) is 4. The number of nitrogens with zero attached hydrogens (tertiary/aromatic N) is 2. The lowest BCUT2D eigenvalue weighted by atomic mass is 10.1. The molecule has 1 aromatic rings. The average molecular weight is 296 g/mol. The fourth-order valence-corrected chi connectivity index (χ4v) is 3.12. The normalized spacial score (nSPS) is 30.0. The number of fused-ring (bicyclic) bond motifs is 1. The Labute approximate surface area is 123 Å². The van der Waals surface area contributed by atoms with Crippen LogP contribution in [0.3, 0.4) is 0 Å². The standard InChI is InChI=1S/C14H18ClN3O2/c1-9-6-18-7-12(3-13(18)8-20-9)17-14(19)10-2-11(15)5-16-4-10/h2,4-5,9,12-13H,3,6-8H2,1H3,(H,17,19)/t9-,12+,13-/m0/s1. The molecule has 20 heavy (non-hydrogen) atoms. The third-order valence-corrected chi connectivity index (χ3v) is 4.10. The SMILES string of the molecule is C[C@H]1CN2C[C@H](NC(=O)c3cncc(Cl)c3)C[C@H]2CO1. The average Bonchev–Trinajstić information content (AvgIpc) is 2.80. The van der Waals surface area contributed by atoms with E-state index in [9.17, 15) is 4.79 Å². The number of amides is 1. The van der Waals surface area contributed by atoms with Crippen LogP contribution in [-0.4, -0.2) is 53.7 Å². The van der Waals surface area contributed by atoms with E-state index in [1.165, 1.54) is 12.4 Å². The van der Waals surface area contributed by atoms with E-state index in [1.807, 2.05) is 0 Å². The van der Waals surface area contributed by atoms with Crippen LogP contribution in [0.2, 0.25) is 5.02 Å². The predicted octanol–water partition coefficient (Wildman–Crippen LogP) is 1.33. The molecule has 2 aliphatic heterocycles. The summed E-state index contributed by atoms with van der Waals surface area (Å²) in [6.07, 6.45) is 4.27. The zero-order chi connectivity index (χ0) is 14.1. The maximum atomic E-state index is 12.2. The molecule has 6 heteroatoms. The quantitative estimate of drug-likeness (QED) is 0.894. The molecular formula is C14H18ClN3O2. The fraction of sp³-hybridized carbons (Fsp3) is 0.571. The van der Waals surface area contributed by atoms with Gasteiger partial charge in [0, 0.05) is 37.6 Å². The summed E-state index contributed by atoms with van der Waals surface area (Å²) in [5, 5.41) is 3.53. The number of carbonyl (C=O) groups is 1. The first-order chi connectivity index (χ1) is 9.61. The van der Waals surface area contributed by atoms with Gasteiger partial charge in [0.25, 0.3) is 5.91 Å². The number of pyridine rings is 1. The molecule has 108 valence electrons. The van der Waals surface area contributed by atoms with Gasteiger partial charge in [0.15, 0.2) is 0 Å². The summed E-state index contributed by atoms with van der Waals surface area (Å²) in [5.74, 6) is -0.112. The lowest BCUT2D eigenvalue weighted by Crippen LogP contribution is -2.45. The van der Waals surface area contributed by atoms with E-state index in [1.54, 1.807) is 6.07 Å². The summed E-state index contributed by atoms with van der Waals surface area (Å²) >= 11 is 5.85. The van der Waals surface area contributed by atoms with E-state index in [0.29, 0.717) is 16.6 Å². The zero-order valence-electron chi connectivity index (χ0n) is 11.4. The highest BCUT2D eigenvalue weighted by molar-refractivity contribution is 6.30. The van der Waals surface area contributed by atoms with Crippen molar-refractivity contribution >= 4 is 17.5 Å². The fourth-order valence-electron chi connectivity index (χ4n) is 2.95. The molecule has 3 atom stereocenters. The number of aromatic nitrogens is 1. The van der Waals surface area contributed by atoms with Gasteiger partial charge in [-0.2, -0.15) is 0 Å². The Kier molecular flexibility index (Phi) is 3.92. The molecule has 2 aliphatic rings. The van der Waals surface area contributed by atoms with E-state index in [-0.39, 0.29) is 18.1 Å². The molecular weight excluding hydrogens is 278 g/mol. The third-order valence-electron chi connectivity index (χ3n) is 3.89. The van der Waals surface area contributed by atoms with Crippen LogP contribution in [0.4, 0.5) is 0 Å². The van der Waals surface area contributed by atoms with Crippen molar-refractivity contribution in [1.29, 1.82) is 0 Å². The summed E-state index contributed by atoms with van der Waals surface area (Å²) in [6.45, 7) is 4.67. The van der Waals surface area contributed by atoms with Gasteiger partial charge in [-0.05, 0) is 19.4 Å². The summed E-state index contributed by atoms with van der Waals surface area (Å²) in [6, 6.07) is 2.23. The lowest BCUT2D eigenvalue weighted by Gasteiger charge is -2.33. The molecule has 5 nitrogen and oxygen atoms in total. The Morgan fingerprint density at radius 1 is 1.50 bits per heavy atom. The first-order valence-electron chi connectivity index (χ1n) is 6.89. The first kappa shape index (κ1) is 13.8. The van der Waals surface area contributed by atoms with Crippen LogP contribution >= 0.6 is 11.6 Å². The Morgan fingerprint density at radius 3 is 3.15 bits per heavy atom. The Bertz CT molecular complexity index is 511. The van der Waals surface area contributed by atoms with Crippen LogP contribution in [0.1, 0.15) is 23.7 Å². The molecule has 0 aliphatic carbocycles. The van der Waals surface area contributed by atoms with Gasteiger partial charge in [0.05, 0.1) is 23.3 Å². The number of morpholine rings is 1. The number of nitrogens with one attached hydrogen (secondary N) is 1. The Hall–Kier alpha value is -1.17. The smallest absolute Gasteiger partial charge is 0.253 e. The molecule has 0 radical (unpaired) electrons. The molecule has 1 aromatic heterocycles. The molecule has 1 N–H and O–H groups in total. The Morgan fingerprint density at radius 2 is 2.35 bits per heavy atom. The first-order valence-corrected chi connectivity index (χ1v) is 7.26. The van der Waals surface area contributed by atoms with Crippen molar-refractivity contribution in [2.45, 2.75) is 31.5 Å². The second-order valence-electron chi connectivity index (χ2n) is 5.55. The molecule has 1 amide bonds. The van der Waals surface area contributed by atoms with Crippen LogP contribution in [0.15, 0.2) is 18.5 Å². The summed E-state index contributed by atoms with van der Waals surface area (Å²) in [5.41, 5.74) is 0.506. The second kappa shape index (κ2) is 5.68. The topological polar surface area (TPSA) is 54.5 Å².